The first-order valence-electron chi connectivity index (χ1n) is 4.42. The maximum absolute atomic E-state index is 11.3. The van der Waals surface area contributed by atoms with Crippen LogP contribution in [-0.2, 0) is 15.8 Å². The Balaban J connectivity index is 2.74. The lowest BCUT2D eigenvalue weighted by atomic mass is 10.3. The molecule has 0 amide bonds. The number of pyridine rings is 1. The molecule has 0 aliphatic carbocycles. The summed E-state index contributed by atoms with van der Waals surface area (Å²) in [7, 11) is -3.19. The van der Waals surface area contributed by atoms with Crippen molar-refractivity contribution in [3.8, 4) is 0 Å². The Morgan fingerprint density at radius 2 is 2.14 bits per heavy atom. The largest absolute Gasteiger partial charge is 0.261 e. The Kier molecular flexibility index (Phi) is 3.60. The molecule has 0 fully saturated rings. The molecule has 78 valence electrons. The zero-order valence-corrected chi connectivity index (χ0v) is 9.13. The molecule has 1 aromatic rings. The van der Waals surface area contributed by atoms with Crippen molar-refractivity contribution in [3.63, 3.8) is 0 Å². The summed E-state index contributed by atoms with van der Waals surface area (Å²) in [4.78, 5) is 4.03. The van der Waals surface area contributed by atoms with Gasteiger partial charge in [0.05, 0.1) is 5.75 Å². The van der Waals surface area contributed by atoms with Gasteiger partial charge in [-0.05, 0) is 18.6 Å². The maximum Gasteiger partial charge on any atom is 0.215 e. The van der Waals surface area contributed by atoms with Gasteiger partial charge in [0.2, 0.25) is 10.0 Å². The second kappa shape index (κ2) is 4.52. The van der Waals surface area contributed by atoms with E-state index in [1.807, 2.05) is 6.92 Å². The molecule has 0 radical (unpaired) electrons. The molecule has 0 bridgehead atoms. The van der Waals surface area contributed by atoms with E-state index in [-0.39, 0.29) is 5.75 Å². The normalized spacial score (nSPS) is 11.6. The molecule has 0 aliphatic rings. The van der Waals surface area contributed by atoms with Gasteiger partial charge in [-0.3, -0.25) is 4.98 Å². The minimum absolute atomic E-state index is 0.00583. The second-order valence-electron chi connectivity index (χ2n) is 3.06. The number of hydrogen-bond acceptors (Lipinski definition) is 3. The molecule has 0 saturated heterocycles. The van der Waals surface area contributed by atoms with Crippen LogP contribution < -0.4 is 4.72 Å². The Hall–Kier alpha value is -0.940. The summed E-state index contributed by atoms with van der Waals surface area (Å²) < 4.78 is 25.1. The molecule has 0 unspecified atom stereocenters. The number of rotatable bonds is 4. The number of sulfonamides is 1. The minimum atomic E-state index is -3.19. The first-order valence-corrected chi connectivity index (χ1v) is 6.07. The van der Waals surface area contributed by atoms with E-state index in [4.69, 9.17) is 0 Å². The van der Waals surface area contributed by atoms with E-state index in [0.29, 0.717) is 12.1 Å². The van der Waals surface area contributed by atoms with Crippen LogP contribution in [0.1, 0.15) is 18.2 Å². The molecule has 5 heteroatoms. The lowest BCUT2D eigenvalue weighted by molar-refractivity contribution is 0.583. The summed E-state index contributed by atoms with van der Waals surface area (Å²) in [5.41, 5.74) is 1.59. The number of hydrogen-bond donors (Lipinski definition) is 1. The van der Waals surface area contributed by atoms with Crippen LogP contribution in [0.15, 0.2) is 18.3 Å². The molecule has 0 aliphatic heterocycles. The Labute approximate surface area is 84.4 Å². The maximum atomic E-state index is 11.3. The third-order valence-electron chi connectivity index (χ3n) is 1.69. The van der Waals surface area contributed by atoms with E-state index in [1.54, 1.807) is 25.3 Å². The first-order chi connectivity index (χ1) is 6.53. The number of nitrogens with zero attached hydrogens (tertiary/aromatic N) is 1. The lowest BCUT2D eigenvalue weighted by Crippen LogP contribution is -2.24. The van der Waals surface area contributed by atoms with Crippen molar-refractivity contribution in [1.82, 2.24) is 9.71 Å². The zero-order chi connectivity index (χ0) is 10.6. The van der Waals surface area contributed by atoms with Crippen molar-refractivity contribution in [1.29, 1.82) is 0 Å². The van der Waals surface area contributed by atoms with Crippen molar-refractivity contribution in [2.45, 2.75) is 19.6 Å². The van der Waals surface area contributed by atoms with Crippen LogP contribution in [-0.4, -0.2) is 19.9 Å². The van der Waals surface area contributed by atoms with Gasteiger partial charge in [0.1, 0.15) is 0 Å². The molecule has 0 spiro atoms. The van der Waals surface area contributed by atoms with Crippen LogP contribution in [0.3, 0.4) is 0 Å². The predicted molar refractivity (Wildman–Crippen MR) is 55.3 cm³/mol. The van der Waals surface area contributed by atoms with E-state index in [9.17, 15) is 8.42 Å². The van der Waals surface area contributed by atoms with Gasteiger partial charge in [-0.2, -0.15) is 0 Å². The quantitative estimate of drug-likeness (QED) is 0.807. The smallest absolute Gasteiger partial charge is 0.215 e. The molecule has 0 aromatic carbocycles. The van der Waals surface area contributed by atoms with Crippen LogP contribution >= 0.6 is 0 Å². The molecule has 1 heterocycles. The summed E-state index contributed by atoms with van der Waals surface area (Å²) in [6.07, 6.45) is 1.59. The molecule has 4 nitrogen and oxygen atoms in total. The molecule has 14 heavy (non-hydrogen) atoms. The monoisotopic (exact) mass is 214 g/mol. The summed E-state index contributed by atoms with van der Waals surface area (Å²) in [5, 5.41) is 0. The number of aromatic nitrogens is 1. The molecule has 1 N–H and O–H groups in total. The third kappa shape index (κ3) is 3.43. The SMILES string of the molecule is CCNS(=O)(=O)Cc1ccc(C)nc1. The van der Waals surface area contributed by atoms with Crippen molar-refractivity contribution < 1.29 is 8.42 Å². The standard InChI is InChI=1S/C9H14N2O2S/c1-3-11-14(12,13)7-9-5-4-8(2)10-6-9/h4-6,11H,3,7H2,1-2H3. The van der Waals surface area contributed by atoms with Gasteiger partial charge in [-0.15, -0.1) is 0 Å². The predicted octanol–water partition coefficient (Wildman–Crippen LogP) is 0.829. The van der Waals surface area contributed by atoms with Crippen LogP contribution in [0, 0.1) is 6.92 Å². The molecule has 0 atom stereocenters. The van der Waals surface area contributed by atoms with Crippen LogP contribution in [0.2, 0.25) is 0 Å². The van der Waals surface area contributed by atoms with Gasteiger partial charge in [-0.1, -0.05) is 13.0 Å². The molecular weight excluding hydrogens is 200 g/mol. The van der Waals surface area contributed by atoms with Gasteiger partial charge in [-0.25, -0.2) is 13.1 Å². The molecule has 0 saturated carbocycles. The highest BCUT2D eigenvalue weighted by Gasteiger charge is 2.09. The van der Waals surface area contributed by atoms with Gasteiger partial charge in [0.25, 0.3) is 0 Å². The highest BCUT2D eigenvalue weighted by molar-refractivity contribution is 7.88. The minimum Gasteiger partial charge on any atom is -0.261 e. The van der Waals surface area contributed by atoms with E-state index >= 15 is 0 Å². The average molecular weight is 214 g/mol. The fraction of sp³-hybridized carbons (Fsp3) is 0.444. The molecule has 1 aromatic heterocycles. The zero-order valence-electron chi connectivity index (χ0n) is 8.32. The van der Waals surface area contributed by atoms with Crippen LogP contribution in [0.25, 0.3) is 0 Å². The number of nitrogens with one attached hydrogen (secondary N) is 1. The number of aryl methyl sites for hydroxylation is 1. The third-order valence-corrected chi connectivity index (χ3v) is 3.14. The van der Waals surface area contributed by atoms with E-state index in [0.717, 1.165) is 5.69 Å². The fourth-order valence-electron chi connectivity index (χ4n) is 1.07. The summed E-state index contributed by atoms with van der Waals surface area (Å²) in [6.45, 7) is 4.04. The Bertz CT molecular complexity index is 384. The van der Waals surface area contributed by atoms with Gasteiger partial charge < -0.3 is 0 Å². The molecule has 1 rings (SSSR count). The Morgan fingerprint density at radius 1 is 1.43 bits per heavy atom. The van der Waals surface area contributed by atoms with E-state index in [1.165, 1.54) is 0 Å². The van der Waals surface area contributed by atoms with Crippen molar-refractivity contribution >= 4 is 10.0 Å². The van der Waals surface area contributed by atoms with Crippen LogP contribution in [0.5, 0.6) is 0 Å². The van der Waals surface area contributed by atoms with Crippen LogP contribution in [0.4, 0.5) is 0 Å². The topological polar surface area (TPSA) is 59.1 Å². The summed E-state index contributed by atoms with van der Waals surface area (Å²) >= 11 is 0. The second-order valence-corrected chi connectivity index (χ2v) is 4.87. The van der Waals surface area contributed by atoms with Crippen molar-refractivity contribution in [2.75, 3.05) is 6.54 Å². The van der Waals surface area contributed by atoms with E-state index in [2.05, 4.69) is 9.71 Å². The van der Waals surface area contributed by atoms with Gasteiger partial charge in [0, 0.05) is 18.4 Å². The fourth-order valence-corrected chi connectivity index (χ4v) is 2.23. The van der Waals surface area contributed by atoms with Crippen molar-refractivity contribution in [3.05, 3.63) is 29.6 Å². The highest BCUT2D eigenvalue weighted by atomic mass is 32.2. The molecular formula is C9H14N2O2S. The summed E-state index contributed by atoms with van der Waals surface area (Å²) in [6, 6.07) is 3.58. The van der Waals surface area contributed by atoms with E-state index < -0.39 is 10.0 Å². The average Bonchev–Trinajstić information content (AvgIpc) is 2.08. The Morgan fingerprint density at radius 3 is 2.64 bits per heavy atom. The van der Waals surface area contributed by atoms with Gasteiger partial charge in [0.15, 0.2) is 0 Å². The van der Waals surface area contributed by atoms with Crippen molar-refractivity contribution in [2.24, 2.45) is 0 Å². The lowest BCUT2D eigenvalue weighted by Gasteiger charge is -2.03. The highest BCUT2D eigenvalue weighted by Crippen LogP contribution is 2.03. The first kappa shape index (κ1) is 11.1. The van der Waals surface area contributed by atoms with Gasteiger partial charge >= 0.3 is 0 Å². The summed E-state index contributed by atoms with van der Waals surface area (Å²) in [5.74, 6) is -0.00583.